The van der Waals surface area contributed by atoms with Crippen LogP contribution < -0.4 is 5.32 Å². The monoisotopic (exact) mass is 357 g/mol. The van der Waals surface area contributed by atoms with E-state index in [0.29, 0.717) is 0 Å². The van der Waals surface area contributed by atoms with Crippen molar-refractivity contribution in [2.24, 2.45) is 0 Å². The molecule has 1 aromatic heterocycles. The van der Waals surface area contributed by atoms with E-state index in [1.165, 1.54) is 11.1 Å². The van der Waals surface area contributed by atoms with Crippen molar-refractivity contribution < 1.29 is 4.42 Å². The fourth-order valence-corrected chi connectivity index (χ4v) is 2.95. The fraction of sp³-hybridized carbons (Fsp3) is 0.231. The van der Waals surface area contributed by atoms with E-state index in [4.69, 9.17) is 4.42 Å². The van der Waals surface area contributed by atoms with E-state index < -0.39 is 0 Å². The highest BCUT2D eigenvalue weighted by atomic mass is 79.9. The van der Waals surface area contributed by atoms with E-state index in [1.54, 1.807) is 6.26 Å². The number of aryl methyl sites for hydroxylation is 1. The van der Waals surface area contributed by atoms with Crippen LogP contribution >= 0.6 is 31.9 Å². The lowest BCUT2D eigenvalue weighted by Crippen LogP contribution is -2.17. The normalized spacial score (nSPS) is 12.7. The molecular formula is C13H13Br2NO. The van der Waals surface area contributed by atoms with Crippen molar-refractivity contribution >= 4 is 31.9 Å². The highest BCUT2D eigenvalue weighted by molar-refractivity contribution is 9.10. The van der Waals surface area contributed by atoms with E-state index in [1.807, 2.05) is 13.1 Å². The van der Waals surface area contributed by atoms with Crippen LogP contribution in [0, 0.1) is 6.92 Å². The van der Waals surface area contributed by atoms with Gasteiger partial charge in [-0.2, -0.15) is 0 Å². The van der Waals surface area contributed by atoms with Gasteiger partial charge in [0.1, 0.15) is 5.76 Å². The molecule has 1 N–H and O–H groups in total. The summed E-state index contributed by atoms with van der Waals surface area (Å²) >= 11 is 7.02. The summed E-state index contributed by atoms with van der Waals surface area (Å²) in [6.07, 6.45) is 1.69. The molecule has 2 aromatic rings. The molecule has 2 rings (SSSR count). The second-order valence-corrected chi connectivity index (χ2v) is 5.69. The third kappa shape index (κ3) is 2.81. The SMILES string of the molecule is CNC(c1cc(C)cc(Br)c1)c1occc1Br. The van der Waals surface area contributed by atoms with Gasteiger partial charge < -0.3 is 9.73 Å². The first-order chi connectivity index (χ1) is 8.11. The highest BCUT2D eigenvalue weighted by Crippen LogP contribution is 2.31. The number of rotatable bonds is 3. The maximum Gasteiger partial charge on any atom is 0.139 e. The summed E-state index contributed by atoms with van der Waals surface area (Å²) < 4.78 is 7.59. The average Bonchev–Trinajstić information content (AvgIpc) is 2.65. The van der Waals surface area contributed by atoms with Gasteiger partial charge in [0.05, 0.1) is 16.8 Å². The second kappa shape index (κ2) is 5.38. The smallest absolute Gasteiger partial charge is 0.139 e. The number of nitrogens with one attached hydrogen (secondary N) is 1. The molecule has 0 spiro atoms. The highest BCUT2D eigenvalue weighted by Gasteiger charge is 2.18. The third-order valence-corrected chi connectivity index (χ3v) is 3.71. The minimum absolute atomic E-state index is 0.0515. The molecule has 1 unspecified atom stereocenters. The van der Waals surface area contributed by atoms with Crippen molar-refractivity contribution in [2.75, 3.05) is 7.05 Å². The quantitative estimate of drug-likeness (QED) is 0.878. The van der Waals surface area contributed by atoms with Crippen LogP contribution in [-0.2, 0) is 0 Å². The molecule has 0 bridgehead atoms. The summed E-state index contributed by atoms with van der Waals surface area (Å²) in [5.41, 5.74) is 2.40. The molecule has 0 aliphatic heterocycles. The van der Waals surface area contributed by atoms with Crippen molar-refractivity contribution in [3.05, 3.63) is 56.4 Å². The third-order valence-electron chi connectivity index (χ3n) is 2.59. The van der Waals surface area contributed by atoms with Gasteiger partial charge in [0.25, 0.3) is 0 Å². The molecule has 2 nitrogen and oxygen atoms in total. The molecule has 17 heavy (non-hydrogen) atoms. The predicted octanol–water partition coefficient (Wildman–Crippen LogP) is 4.42. The van der Waals surface area contributed by atoms with E-state index in [-0.39, 0.29) is 6.04 Å². The Morgan fingerprint density at radius 1 is 1.24 bits per heavy atom. The van der Waals surface area contributed by atoms with Crippen LogP contribution in [0.15, 0.2) is 43.9 Å². The number of furan rings is 1. The molecule has 1 heterocycles. The van der Waals surface area contributed by atoms with Crippen molar-refractivity contribution in [3.8, 4) is 0 Å². The van der Waals surface area contributed by atoms with E-state index >= 15 is 0 Å². The zero-order chi connectivity index (χ0) is 12.4. The first kappa shape index (κ1) is 12.9. The molecule has 0 fully saturated rings. The van der Waals surface area contributed by atoms with Gasteiger partial charge in [-0.25, -0.2) is 0 Å². The molecule has 1 atom stereocenters. The molecule has 0 amide bonds. The molecule has 0 aliphatic carbocycles. The maximum absolute atomic E-state index is 5.53. The van der Waals surface area contributed by atoms with E-state index in [9.17, 15) is 0 Å². The van der Waals surface area contributed by atoms with Crippen molar-refractivity contribution in [1.82, 2.24) is 5.32 Å². The minimum atomic E-state index is 0.0515. The minimum Gasteiger partial charge on any atom is -0.466 e. The lowest BCUT2D eigenvalue weighted by atomic mass is 10.0. The van der Waals surface area contributed by atoms with Crippen LogP contribution in [-0.4, -0.2) is 7.05 Å². The van der Waals surface area contributed by atoms with Gasteiger partial charge in [0, 0.05) is 4.47 Å². The second-order valence-electron chi connectivity index (χ2n) is 3.92. The number of halogens is 2. The van der Waals surface area contributed by atoms with E-state index in [2.05, 4.69) is 62.3 Å². The Hall–Kier alpha value is -0.580. The number of benzene rings is 1. The molecule has 1 aromatic carbocycles. The van der Waals surface area contributed by atoms with Crippen LogP contribution in [0.5, 0.6) is 0 Å². The zero-order valence-corrected chi connectivity index (χ0v) is 12.8. The molecule has 90 valence electrons. The van der Waals surface area contributed by atoms with Crippen LogP contribution in [0.3, 0.4) is 0 Å². The summed E-state index contributed by atoms with van der Waals surface area (Å²) in [4.78, 5) is 0. The van der Waals surface area contributed by atoms with Gasteiger partial charge in [0.2, 0.25) is 0 Å². The molecular weight excluding hydrogens is 346 g/mol. The van der Waals surface area contributed by atoms with Gasteiger partial charge in [-0.05, 0) is 59.2 Å². The van der Waals surface area contributed by atoms with Gasteiger partial charge in [-0.15, -0.1) is 0 Å². The molecule has 0 radical (unpaired) electrons. The Morgan fingerprint density at radius 3 is 2.53 bits per heavy atom. The molecule has 0 aliphatic rings. The van der Waals surface area contributed by atoms with Gasteiger partial charge in [-0.3, -0.25) is 0 Å². The Kier molecular flexibility index (Phi) is 4.07. The van der Waals surface area contributed by atoms with Crippen LogP contribution in [0.25, 0.3) is 0 Å². The number of hydrogen-bond acceptors (Lipinski definition) is 2. The zero-order valence-electron chi connectivity index (χ0n) is 9.63. The van der Waals surface area contributed by atoms with Gasteiger partial charge in [-0.1, -0.05) is 22.0 Å². The van der Waals surface area contributed by atoms with Crippen LogP contribution in [0.1, 0.15) is 22.9 Å². The van der Waals surface area contributed by atoms with Crippen molar-refractivity contribution in [1.29, 1.82) is 0 Å². The van der Waals surface area contributed by atoms with Gasteiger partial charge >= 0.3 is 0 Å². The first-order valence-electron chi connectivity index (χ1n) is 5.29. The largest absolute Gasteiger partial charge is 0.466 e. The summed E-state index contributed by atoms with van der Waals surface area (Å²) in [7, 11) is 1.93. The van der Waals surface area contributed by atoms with Crippen molar-refractivity contribution in [3.63, 3.8) is 0 Å². The Bertz CT molecular complexity index is 502. The van der Waals surface area contributed by atoms with Crippen LogP contribution in [0.2, 0.25) is 0 Å². The van der Waals surface area contributed by atoms with Crippen LogP contribution in [0.4, 0.5) is 0 Å². The summed E-state index contributed by atoms with van der Waals surface area (Å²) in [5, 5.41) is 3.27. The van der Waals surface area contributed by atoms with Gasteiger partial charge in [0.15, 0.2) is 0 Å². The Morgan fingerprint density at radius 2 is 2.00 bits per heavy atom. The predicted molar refractivity (Wildman–Crippen MR) is 76.2 cm³/mol. The Balaban J connectivity index is 2.45. The molecule has 0 saturated carbocycles. The first-order valence-corrected chi connectivity index (χ1v) is 6.87. The standard InChI is InChI=1S/C13H13Br2NO/c1-8-5-9(7-10(14)6-8)12(16-2)13-11(15)3-4-17-13/h3-7,12,16H,1-2H3. The molecule has 0 saturated heterocycles. The lowest BCUT2D eigenvalue weighted by molar-refractivity contribution is 0.461. The summed E-state index contributed by atoms with van der Waals surface area (Å²) in [5.74, 6) is 0.894. The summed E-state index contributed by atoms with van der Waals surface area (Å²) in [6.45, 7) is 2.08. The Labute approximate surface area is 118 Å². The lowest BCUT2D eigenvalue weighted by Gasteiger charge is -2.16. The van der Waals surface area contributed by atoms with E-state index in [0.717, 1.165) is 14.7 Å². The molecule has 4 heteroatoms. The fourth-order valence-electron chi connectivity index (χ4n) is 1.89. The summed E-state index contributed by atoms with van der Waals surface area (Å²) in [6, 6.07) is 8.30. The average molecular weight is 359 g/mol. The van der Waals surface area contributed by atoms with Crippen molar-refractivity contribution in [2.45, 2.75) is 13.0 Å². The topological polar surface area (TPSA) is 25.2 Å². The number of hydrogen-bond donors (Lipinski definition) is 1. The maximum atomic E-state index is 5.53.